The van der Waals surface area contributed by atoms with Crippen molar-refractivity contribution in [1.82, 2.24) is 0 Å². The zero-order chi connectivity index (χ0) is 10.1. The first-order chi connectivity index (χ1) is 5.86. The average Bonchev–Trinajstić information content (AvgIpc) is 2.33. The molecule has 1 atom stereocenters. The van der Waals surface area contributed by atoms with Crippen molar-refractivity contribution in [3.63, 3.8) is 0 Å². The van der Waals surface area contributed by atoms with Gasteiger partial charge in [0.2, 0.25) is 0 Å². The Balaban J connectivity index is 2.88. The zero-order valence-electron chi connectivity index (χ0n) is 7.77. The van der Waals surface area contributed by atoms with Crippen LogP contribution in [-0.4, -0.2) is 34.1 Å². The molecule has 1 heterocycles. The van der Waals surface area contributed by atoms with E-state index < -0.39 is 11.6 Å². The van der Waals surface area contributed by atoms with Gasteiger partial charge in [0, 0.05) is 6.08 Å². The highest BCUT2D eigenvalue weighted by molar-refractivity contribution is 5.75. The predicted molar refractivity (Wildman–Crippen MR) is 48.6 cm³/mol. The van der Waals surface area contributed by atoms with Crippen molar-refractivity contribution in [2.75, 3.05) is 6.54 Å². The van der Waals surface area contributed by atoms with Gasteiger partial charge in [0.15, 0.2) is 0 Å². The Hall–Kier alpha value is -1.20. The van der Waals surface area contributed by atoms with Crippen molar-refractivity contribution in [2.24, 2.45) is 10.8 Å². The van der Waals surface area contributed by atoms with Gasteiger partial charge in [-0.3, -0.25) is 0 Å². The number of primary amides is 1. The molecule has 0 saturated heterocycles. The van der Waals surface area contributed by atoms with Crippen LogP contribution in [0.2, 0.25) is 0 Å². The van der Waals surface area contributed by atoms with E-state index in [0.29, 0.717) is 0 Å². The van der Waals surface area contributed by atoms with Crippen molar-refractivity contribution in [3.05, 3.63) is 12.3 Å². The number of urea groups is 1. The summed E-state index contributed by atoms with van der Waals surface area (Å²) in [5.41, 5.74) is 4.21. The zero-order valence-corrected chi connectivity index (χ0v) is 7.77. The molecule has 1 rings (SSSR count). The smallest absolute Gasteiger partial charge is 0.384 e. The quantitative estimate of drug-likeness (QED) is 0.600. The van der Waals surface area contributed by atoms with Gasteiger partial charge < -0.3 is 10.8 Å². The van der Waals surface area contributed by atoms with E-state index >= 15 is 0 Å². The third-order valence-corrected chi connectivity index (χ3v) is 1.70. The number of carbonyl (C=O) groups excluding carboxylic acids is 1. The highest BCUT2D eigenvalue weighted by atomic mass is 16.3. The maximum Gasteiger partial charge on any atom is 0.445 e. The number of hydrogen-bond donors (Lipinski definition) is 2. The number of allylic oxidation sites excluding steroid dienone is 1. The molecule has 0 saturated carbocycles. The van der Waals surface area contributed by atoms with Crippen LogP contribution in [0.3, 0.4) is 0 Å². The molecule has 1 unspecified atom stereocenters. The normalized spacial score (nSPS) is 26.7. The number of rotatable bonds is 2. The van der Waals surface area contributed by atoms with Crippen LogP contribution in [0.4, 0.5) is 4.79 Å². The van der Waals surface area contributed by atoms with Gasteiger partial charge in [0.1, 0.15) is 18.3 Å². The molecule has 5 heteroatoms. The minimum atomic E-state index is -0.985. The molecular formula is C8H14N3O2+. The molecule has 13 heavy (non-hydrogen) atoms. The Morgan fingerprint density at radius 3 is 2.62 bits per heavy atom. The summed E-state index contributed by atoms with van der Waals surface area (Å²) in [7, 11) is 0. The van der Waals surface area contributed by atoms with Gasteiger partial charge in [-0.05, 0) is 13.8 Å². The number of aliphatic hydroxyl groups is 1. The Kier molecular flexibility index (Phi) is 2.23. The van der Waals surface area contributed by atoms with Crippen LogP contribution in [0.5, 0.6) is 0 Å². The lowest BCUT2D eigenvalue weighted by atomic mass is 10.1. The second-order valence-corrected chi connectivity index (χ2v) is 3.74. The highest BCUT2D eigenvalue weighted by Crippen LogP contribution is 2.19. The molecule has 1 aliphatic heterocycles. The summed E-state index contributed by atoms with van der Waals surface area (Å²) in [5, 5.41) is 13.5. The molecule has 1 aliphatic rings. The predicted octanol–water partition coefficient (Wildman–Crippen LogP) is 0.166. The molecule has 72 valence electrons. The number of carbonyl (C=O) groups is 1. The average molecular weight is 184 g/mol. The molecule has 5 nitrogen and oxygen atoms in total. The molecule has 0 aromatic rings. The van der Waals surface area contributed by atoms with Crippen molar-refractivity contribution in [1.29, 1.82) is 0 Å². The summed E-state index contributed by atoms with van der Waals surface area (Å²) >= 11 is 0. The molecule has 0 radical (unpaired) electrons. The van der Waals surface area contributed by atoms with Gasteiger partial charge in [-0.15, -0.1) is 0 Å². The molecule has 0 bridgehead atoms. The monoisotopic (exact) mass is 184 g/mol. The fraction of sp³-hybridized carbons (Fsp3) is 0.500. The lowest BCUT2D eigenvalue weighted by Gasteiger charge is -2.27. The van der Waals surface area contributed by atoms with Crippen LogP contribution in [0.25, 0.3) is 0 Å². The summed E-state index contributed by atoms with van der Waals surface area (Å²) in [5.74, 6) is 0. The topological polar surface area (TPSA) is 75.7 Å². The number of hydrogen-bond acceptors (Lipinski definition) is 3. The van der Waals surface area contributed by atoms with Gasteiger partial charge >= 0.3 is 6.03 Å². The van der Waals surface area contributed by atoms with E-state index in [1.807, 2.05) is 0 Å². The fourth-order valence-corrected chi connectivity index (χ4v) is 1.27. The number of nitrogens with zero attached hydrogens (tertiary/aromatic N) is 2. The van der Waals surface area contributed by atoms with E-state index in [2.05, 4.69) is 5.10 Å². The van der Waals surface area contributed by atoms with Crippen molar-refractivity contribution in [2.45, 2.75) is 19.4 Å². The summed E-state index contributed by atoms with van der Waals surface area (Å²) < 4.78 is -0.358. The first-order valence-corrected chi connectivity index (χ1v) is 3.99. The lowest BCUT2D eigenvalue weighted by molar-refractivity contribution is -0.808. The van der Waals surface area contributed by atoms with Gasteiger partial charge in [0.25, 0.3) is 0 Å². The van der Waals surface area contributed by atoms with E-state index in [-0.39, 0.29) is 11.1 Å². The standard InChI is InChI=1S/C8H13N3O2/c1-8(2,13)6-11(7(9)12)5-3-4-10-11/h3-5,13H,6H2,1-2H3,(H-,9,12)/p+1. The number of nitrogens with two attached hydrogens (primary N) is 1. The van der Waals surface area contributed by atoms with Crippen LogP contribution >= 0.6 is 0 Å². The lowest BCUT2D eigenvalue weighted by Crippen LogP contribution is -2.52. The SMILES string of the molecule is CC(C)(O)C[N+]1(C(N)=O)C=CC=N1. The second kappa shape index (κ2) is 2.93. The third kappa shape index (κ3) is 2.13. The Labute approximate surface area is 76.7 Å². The van der Waals surface area contributed by atoms with E-state index in [4.69, 9.17) is 5.73 Å². The van der Waals surface area contributed by atoms with Gasteiger partial charge in [0.05, 0.1) is 6.21 Å². The van der Waals surface area contributed by atoms with Crippen molar-refractivity contribution < 1.29 is 14.5 Å². The Morgan fingerprint density at radius 1 is 1.69 bits per heavy atom. The van der Waals surface area contributed by atoms with Gasteiger partial charge in [-0.1, -0.05) is 9.69 Å². The minimum absolute atomic E-state index is 0.148. The molecule has 0 aromatic heterocycles. The van der Waals surface area contributed by atoms with Crippen LogP contribution < -0.4 is 5.73 Å². The van der Waals surface area contributed by atoms with Crippen molar-refractivity contribution >= 4 is 12.2 Å². The molecule has 2 amide bonds. The van der Waals surface area contributed by atoms with Crippen molar-refractivity contribution in [3.8, 4) is 0 Å². The van der Waals surface area contributed by atoms with E-state index in [1.165, 1.54) is 6.21 Å². The Morgan fingerprint density at radius 2 is 2.31 bits per heavy atom. The first kappa shape index (κ1) is 9.88. The van der Waals surface area contributed by atoms with Crippen LogP contribution in [0, 0.1) is 0 Å². The summed E-state index contributed by atoms with van der Waals surface area (Å²) in [6.07, 6.45) is 4.69. The molecule has 0 fully saturated rings. The molecule has 3 N–H and O–H groups in total. The maximum atomic E-state index is 11.1. The first-order valence-electron chi connectivity index (χ1n) is 3.99. The van der Waals surface area contributed by atoms with Gasteiger partial charge in [-0.2, -0.15) is 0 Å². The fourth-order valence-electron chi connectivity index (χ4n) is 1.27. The summed E-state index contributed by atoms with van der Waals surface area (Å²) in [4.78, 5) is 11.1. The highest BCUT2D eigenvalue weighted by Gasteiger charge is 2.40. The maximum absolute atomic E-state index is 11.1. The van der Waals surface area contributed by atoms with Gasteiger partial charge in [-0.25, -0.2) is 4.79 Å². The molecular weight excluding hydrogens is 170 g/mol. The molecule has 0 spiro atoms. The largest absolute Gasteiger partial charge is 0.445 e. The molecule has 0 aromatic carbocycles. The summed E-state index contributed by atoms with van der Waals surface area (Å²) in [6.45, 7) is 3.37. The van der Waals surface area contributed by atoms with Crippen LogP contribution in [0.1, 0.15) is 13.8 Å². The summed E-state index contributed by atoms with van der Waals surface area (Å²) in [6, 6.07) is -0.591. The second-order valence-electron chi connectivity index (χ2n) is 3.74. The van der Waals surface area contributed by atoms with E-state index in [1.54, 1.807) is 26.1 Å². The number of amides is 2. The van der Waals surface area contributed by atoms with Crippen LogP contribution in [0.15, 0.2) is 17.4 Å². The minimum Gasteiger partial charge on any atom is -0.384 e. The van der Waals surface area contributed by atoms with E-state index in [9.17, 15) is 9.90 Å². The number of quaternary nitrogens is 1. The Bertz CT molecular complexity index is 264. The van der Waals surface area contributed by atoms with E-state index in [0.717, 1.165) is 0 Å². The van der Waals surface area contributed by atoms with Crippen LogP contribution in [-0.2, 0) is 0 Å². The third-order valence-electron chi connectivity index (χ3n) is 1.70. The molecule has 0 aliphatic carbocycles.